The van der Waals surface area contributed by atoms with Crippen molar-refractivity contribution in [2.45, 2.75) is 51.5 Å². The van der Waals surface area contributed by atoms with Crippen LogP contribution < -0.4 is 10.6 Å². The number of Topliss-reactive ketones (excluding diaryl/α,β-unsaturated/α-hetero) is 2. The van der Waals surface area contributed by atoms with Crippen molar-refractivity contribution < 1.29 is 24.3 Å². The van der Waals surface area contributed by atoms with Crippen LogP contribution in [0.5, 0.6) is 0 Å². The molecule has 1 unspecified atom stereocenters. The standard InChI is InChI=1S/C29H36N2O5/c1-3-16-12-18-13-20-19-6-4-8-24(34)30-11-5-7-21-28(35)27(29(36)31-21)22(32)10-9-17(19)14-23(33)26(20)25(18)15(16)2/h3-4,8-10,15-21,25-26,32H,1,5-7,11-14H2,2H3,(H,30,34)(H,31,36)/b8-4-,10-9+,27-22?/t15-,16-,17+,18+,19-,20+,21?,25+,26-/m0/s1. The highest BCUT2D eigenvalue weighted by atomic mass is 16.3. The normalized spacial score (nSPS) is 42.8. The van der Waals surface area contributed by atoms with Crippen molar-refractivity contribution in [1.29, 1.82) is 0 Å². The summed E-state index contributed by atoms with van der Waals surface area (Å²) in [6.07, 6.45) is 12.8. The van der Waals surface area contributed by atoms with Gasteiger partial charge >= 0.3 is 0 Å². The Morgan fingerprint density at radius 2 is 1.92 bits per heavy atom. The Kier molecular flexibility index (Phi) is 6.75. The smallest absolute Gasteiger partial charge is 0.259 e. The maximum absolute atomic E-state index is 13.5. The molecule has 7 heteroatoms. The van der Waals surface area contributed by atoms with Crippen molar-refractivity contribution >= 4 is 23.4 Å². The highest BCUT2D eigenvalue weighted by Crippen LogP contribution is 2.61. The van der Waals surface area contributed by atoms with Crippen LogP contribution in [0, 0.1) is 47.3 Å². The summed E-state index contributed by atoms with van der Waals surface area (Å²) in [5.74, 6) is 0.749. The van der Waals surface area contributed by atoms with Crippen LogP contribution in [-0.2, 0) is 19.2 Å². The fourth-order valence-electron chi connectivity index (χ4n) is 7.93. The van der Waals surface area contributed by atoms with E-state index in [9.17, 15) is 24.3 Å². The number of hydrogen-bond donors (Lipinski definition) is 3. The summed E-state index contributed by atoms with van der Waals surface area (Å²) in [5, 5.41) is 16.2. The van der Waals surface area contributed by atoms with Gasteiger partial charge in [-0.05, 0) is 85.7 Å². The molecular formula is C29H36N2O5. The van der Waals surface area contributed by atoms with Gasteiger partial charge in [-0.2, -0.15) is 0 Å². The van der Waals surface area contributed by atoms with E-state index in [1.165, 1.54) is 6.08 Å². The van der Waals surface area contributed by atoms with E-state index in [0.717, 1.165) is 12.8 Å². The predicted molar refractivity (Wildman–Crippen MR) is 134 cm³/mol. The average Bonchev–Trinajstić information content (AvgIpc) is 3.46. The number of aliphatic hydroxyl groups is 1. The van der Waals surface area contributed by atoms with Gasteiger partial charge in [-0.15, -0.1) is 6.58 Å². The first kappa shape index (κ1) is 24.7. The zero-order chi connectivity index (χ0) is 25.6. The van der Waals surface area contributed by atoms with Gasteiger partial charge in [-0.1, -0.05) is 25.2 Å². The van der Waals surface area contributed by atoms with Gasteiger partial charge in [0.15, 0.2) is 5.78 Å². The SMILES string of the molecule is C=C[C@H]1C[C@@H]2C[C@@H]3[C@H]4C/C=C\C(=O)NCCCC5NC(=O)C(=C(O)/C=C/[C@@H]4CC(=O)[C@H]3[C@@H]2[C@H]1C)C5=O. The van der Waals surface area contributed by atoms with Crippen LogP contribution >= 0.6 is 0 Å². The molecular weight excluding hydrogens is 456 g/mol. The summed E-state index contributed by atoms with van der Waals surface area (Å²) >= 11 is 0. The van der Waals surface area contributed by atoms with E-state index >= 15 is 0 Å². The van der Waals surface area contributed by atoms with Crippen LogP contribution in [0.3, 0.4) is 0 Å². The Morgan fingerprint density at radius 1 is 1.11 bits per heavy atom. The Bertz CT molecular complexity index is 1070. The first-order chi connectivity index (χ1) is 17.3. The molecule has 2 bridgehead atoms. The van der Waals surface area contributed by atoms with Crippen LogP contribution in [0.15, 0.2) is 48.3 Å². The Hall–Kier alpha value is -2.96. The van der Waals surface area contributed by atoms with Crippen molar-refractivity contribution in [2.75, 3.05) is 6.54 Å². The second kappa shape index (κ2) is 9.83. The predicted octanol–water partition coefficient (Wildman–Crippen LogP) is 3.19. The minimum Gasteiger partial charge on any atom is -0.507 e. The molecule has 0 radical (unpaired) electrons. The van der Waals surface area contributed by atoms with Crippen molar-refractivity contribution in [3.05, 3.63) is 48.3 Å². The van der Waals surface area contributed by atoms with Gasteiger partial charge in [0.25, 0.3) is 5.91 Å². The molecule has 0 aromatic heterocycles. The van der Waals surface area contributed by atoms with Gasteiger partial charge in [0.1, 0.15) is 17.1 Å². The molecule has 5 aliphatic rings. The molecule has 2 amide bonds. The number of amides is 2. The van der Waals surface area contributed by atoms with E-state index in [4.69, 9.17) is 0 Å². The molecule has 0 aromatic carbocycles. The minimum absolute atomic E-state index is 0.0207. The maximum Gasteiger partial charge on any atom is 0.259 e. The molecule has 0 aromatic rings. The van der Waals surface area contributed by atoms with E-state index in [2.05, 4.69) is 24.1 Å². The summed E-state index contributed by atoms with van der Waals surface area (Å²) in [4.78, 5) is 51.1. The number of hydrogen-bond acceptors (Lipinski definition) is 5. The molecule has 9 atom stereocenters. The minimum atomic E-state index is -0.701. The number of carbonyl (C=O) groups excluding carboxylic acids is 4. The van der Waals surface area contributed by atoms with E-state index in [-0.39, 0.29) is 46.7 Å². The lowest BCUT2D eigenvalue weighted by Crippen LogP contribution is -2.40. The largest absolute Gasteiger partial charge is 0.507 e. The third-order valence-corrected chi connectivity index (χ3v) is 9.56. The van der Waals surface area contributed by atoms with Crippen LogP contribution in [0.4, 0.5) is 0 Å². The number of nitrogens with one attached hydrogen (secondary N) is 2. The van der Waals surface area contributed by atoms with Gasteiger partial charge in [0, 0.05) is 18.9 Å². The zero-order valence-corrected chi connectivity index (χ0v) is 20.8. The third-order valence-electron chi connectivity index (χ3n) is 9.56. The average molecular weight is 493 g/mol. The molecule has 7 nitrogen and oxygen atoms in total. The molecule has 3 N–H and O–H groups in total. The second-order valence-corrected chi connectivity index (χ2v) is 11.3. The van der Waals surface area contributed by atoms with Crippen molar-refractivity contribution in [1.82, 2.24) is 10.6 Å². The summed E-state index contributed by atoms with van der Waals surface area (Å²) in [6, 6.07) is -0.701. The summed E-state index contributed by atoms with van der Waals surface area (Å²) in [5.41, 5.74) is -0.219. The number of allylic oxidation sites excluding steroid dienone is 4. The van der Waals surface area contributed by atoms with Crippen molar-refractivity contribution in [3.8, 4) is 0 Å². The lowest BCUT2D eigenvalue weighted by atomic mass is 9.63. The van der Waals surface area contributed by atoms with Crippen LogP contribution in [0.25, 0.3) is 0 Å². The molecule has 3 aliphatic carbocycles. The second-order valence-electron chi connectivity index (χ2n) is 11.3. The molecule has 5 rings (SSSR count). The van der Waals surface area contributed by atoms with E-state index in [1.54, 1.807) is 12.2 Å². The molecule has 2 aliphatic heterocycles. The van der Waals surface area contributed by atoms with E-state index in [1.807, 2.05) is 12.2 Å². The molecule has 36 heavy (non-hydrogen) atoms. The number of aliphatic hydroxyl groups excluding tert-OH is 1. The number of fused-ring (bicyclic) bond motifs is 7. The van der Waals surface area contributed by atoms with Gasteiger partial charge in [0.2, 0.25) is 5.91 Å². The van der Waals surface area contributed by atoms with Gasteiger partial charge in [-0.3, -0.25) is 19.2 Å². The molecule has 1 saturated heterocycles. The van der Waals surface area contributed by atoms with Crippen LogP contribution in [0.2, 0.25) is 0 Å². The van der Waals surface area contributed by atoms with Crippen molar-refractivity contribution in [2.24, 2.45) is 47.3 Å². The third kappa shape index (κ3) is 4.27. The Morgan fingerprint density at radius 3 is 2.69 bits per heavy atom. The fraction of sp³-hybridized carbons (Fsp3) is 0.586. The van der Waals surface area contributed by atoms with Gasteiger partial charge in [0.05, 0.1) is 6.04 Å². The molecule has 0 spiro atoms. The maximum atomic E-state index is 13.5. The molecule has 4 fully saturated rings. The monoisotopic (exact) mass is 492 g/mol. The lowest BCUT2D eigenvalue weighted by molar-refractivity contribution is -0.131. The molecule has 2 heterocycles. The first-order valence-corrected chi connectivity index (χ1v) is 13.4. The number of ketones is 2. The van der Waals surface area contributed by atoms with Crippen LogP contribution in [-0.4, -0.2) is 41.1 Å². The Labute approximate surface area is 212 Å². The van der Waals surface area contributed by atoms with Crippen molar-refractivity contribution in [3.63, 3.8) is 0 Å². The first-order valence-electron chi connectivity index (χ1n) is 13.4. The highest BCUT2D eigenvalue weighted by molar-refractivity contribution is 6.27. The summed E-state index contributed by atoms with van der Waals surface area (Å²) < 4.78 is 0. The summed E-state index contributed by atoms with van der Waals surface area (Å²) in [6.45, 7) is 6.66. The number of rotatable bonds is 1. The van der Waals surface area contributed by atoms with Gasteiger partial charge < -0.3 is 15.7 Å². The molecule has 192 valence electrons. The zero-order valence-electron chi connectivity index (χ0n) is 20.8. The fourth-order valence-corrected chi connectivity index (χ4v) is 7.93. The lowest BCUT2D eigenvalue weighted by Gasteiger charge is -2.40. The quantitative estimate of drug-likeness (QED) is 0.384. The summed E-state index contributed by atoms with van der Waals surface area (Å²) in [7, 11) is 0. The highest BCUT2D eigenvalue weighted by Gasteiger charge is 2.58. The Balaban J connectivity index is 1.47. The van der Waals surface area contributed by atoms with Gasteiger partial charge in [-0.25, -0.2) is 0 Å². The van der Waals surface area contributed by atoms with Crippen LogP contribution in [0.1, 0.15) is 45.4 Å². The van der Waals surface area contributed by atoms with E-state index in [0.29, 0.717) is 55.9 Å². The molecule has 3 saturated carbocycles. The number of carbonyl (C=O) groups is 4. The van der Waals surface area contributed by atoms with E-state index < -0.39 is 17.7 Å². The topological polar surface area (TPSA) is 113 Å².